The first kappa shape index (κ1) is 18.5. The molecule has 1 aliphatic rings. The number of carbonyl (C=O) groups excluding carboxylic acids is 2. The summed E-state index contributed by atoms with van der Waals surface area (Å²) in [6, 6.07) is 9.97. The van der Waals surface area contributed by atoms with Crippen LogP contribution in [0, 0.1) is 0 Å². The number of hydrogen-bond acceptors (Lipinski definition) is 4. The van der Waals surface area contributed by atoms with E-state index in [9.17, 15) is 14.4 Å². The first-order valence-electron chi connectivity index (χ1n) is 8.42. The average Bonchev–Trinajstić information content (AvgIpc) is 3.16. The van der Waals surface area contributed by atoms with Gasteiger partial charge >= 0.3 is 0 Å². The number of carbonyl (C=O) groups is 2. The van der Waals surface area contributed by atoms with Gasteiger partial charge in [-0.05, 0) is 31.0 Å². The Bertz CT molecular complexity index is 841. The van der Waals surface area contributed by atoms with Crippen LogP contribution in [0.2, 0.25) is 0 Å². The largest absolute Gasteiger partial charge is 0.376 e. The molecule has 136 valence electrons. The topological polar surface area (TPSA) is 77.4 Å². The molecule has 1 fully saturated rings. The van der Waals surface area contributed by atoms with E-state index >= 15 is 0 Å². The minimum atomic E-state index is -1.26. The smallest absolute Gasteiger partial charge is 0.251 e. The quantitative estimate of drug-likeness (QED) is 0.576. The highest BCUT2D eigenvalue weighted by molar-refractivity contribution is 9.10. The van der Waals surface area contributed by atoms with Crippen LogP contribution in [-0.2, 0) is 9.53 Å². The van der Waals surface area contributed by atoms with Crippen molar-refractivity contribution in [2.24, 2.45) is 0 Å². The maximum absolute atomic E-state index is 13.0. The average molecular weight is 419 g/mol. The summed E-state index contributed by atoms with van der Waals surface area (Å²) in [5.41, 5.74) is -0.0450. The molecule has 3 rings (SSSR count). The first-order valence-corrected chi connectivity index (χ1v) is 9.22. The van der Waals surface area contributed by atoms with E-state index in [1.807, 2.05) is 0 Å². The van der Waals surface area contributed by atoms with Gasteiger partial charge in [0, 0.05) is 35.5 Å². The Morgan fingerprint density at radius 1 is 1.23 bits per heavy atom. The molecule has 2 atom stereocenters. The van der Waals surface area contributed by atoms with E-state index in [0.717, 1.165) is 21.9 Å². The number of nitrogens with zero attached hydrogens (tertiary/aromatic N) is 1. The van der Waals surface area contributed by atoms with Gasteiger partial charge < -0.3 is 10.1 Å². The number of ether oxygens (including phenoxy) is 1. The van der Waals surface area contributed by atoms with E-state index in [2.05, 4.69) is 21.2 Å². The molecular weight excluding hydrogens is 400 g/mol. The normalized spacial score (nSPS) is 17.7. The molecular formula is C19H19BrN2O4. The van der Waals surface area contributed by atoms with Crippen LogP contribution in [0.15, 0.2) is 57.9 Å². The Morgan fingerprint density at radius 2 is 2.00 bits per heavy atom. The van der Waals surface area contributed by atoms with Crippen molar-refractivity contribution in [1.29, 1.82) is 0 Å². The number of rotatable bonds is 6. The number of Topliss-reactive ketones (excluding diaryl/α,β-unsaturated/α-hetero) is 1. The number of benzene rings is 1. The number of pyridine rings is 1. The summed E-state index contributed by atoms with van der Waals surface area (Å²) < 4.78 is 7.48. The first-order chi connectivity index (χ1) is 12.6. The zero-order valence-corrected chi connectivity index (χ0v) is 15.6. The highest BCUT2D eigenvalue weighted by Gasteiger charge is 2.30. The zero-order valence-electron chi connectivity index (χ0n) is 14.1. The van der Waals surface area contributed by atoms with Gasteiger partial charge in [-0.25, -0.2) is 0 Å². The molecule has 0 bridgehead atoms. The lowest BCUT2D eigenvalue weighted by Gasteiger charge is -2.19. The van der Waals surface area contributed by atoms with Crippen LogP contribution in [0.4, 0.5) is 0 Å². The standard InChI is InChI=1S/C19H19BrN2O4/c20-14-8-6-13(7-9-14)18(24)17(22-10-2-1-5-16(22)23)19(25)21-12-15-4-3-11-26-15/h1-2,5-10,15,17H,3-4,11-12H2,(H,21,25)/t15-,17+/m1/s1. The van der Waals surface area contributed by atoms with Crippen molar-refractivity contribution in [3.8, 4) is 0 Å². The number of amides is 1. The third kappa shape index (κ3) is 4.28. The van der Waals surface area contributed by atoms with E-state index in [-0.39, 0.29) is 6.10 Å². The molecule has 26 heavy (non-hydrogen) atoms. The van der Waals surface area contributed by atoms with Gasteiger partial charge in [-0.15, -0.1) is 0 Å². The fourth-order valence-electron chi connectivity index (χ4n) is 2.91. The predicted octanol–water partition coefficient (Wildman–Crippen LogP) is 2.33. The maximum Gasteiger partial charge on any atom is 0.251 e. The van der Waals surface area contributed by atoms with E-state index in [1.165, 1.54) is 12.3 Å². The van der Waals surface area contributed by atoms with Crippen LogP contribution in [-0.4, -0.2) is 35.5 Å². The summed E-state index contributed by atoms with van der Waals surface area (Å²) in [7, 11) is 0. The molecule has 1 aromatic heterocycles. The van der Waals surface area contributed by atoms with E-state index in [0.29, 0.717) is 18.7 Å². The molecule has 2 heterocycles. The van der Waals surface area contributed by atoms with Gasteiger partial charge in [-0.3, -0.25) is 19.0 Å². The Balaban J connectivity index is 1.87. The molecule has 1 aliphatic heterocycles. The van der Waals surface area contributed by atoms with Gasteiger partial charge in [0.05, 0.1) is 6.10 Å². The molecule has 0 radical (unpaired) electrons. The van der Waals surface area contributed by atoms with Gasteiger partial charge in [0.25, 0.3) is 11.5 Å². The summed E-state index contributed by atoms with van der Waals surface area (Å²) in [6.07, 6.45) is 3.24. The molecule has 1 saturated heterocycles. The van der Waals surface area contributed by atoms with E-state index in [4.69, 9.17) is 4.74 Å². The van der Waals surface area contributed by atoms with Crippen molar-refractivity contribution in [2.45, 2.75) is 25.0 Å². The molecule has 6 nitrogen and oxygen atoms in total. The van der Waals surface area contributed by atoms with Crippen LogP contribution in [0.1, 0.15) is 29.2 Å². The number of aromatic nitrogens is 1. The lowest BCUT2D eigenvalue weighted by Crippen LogP contribution is -2.43. The highest BCUT2D eigenvalue weighted by Crippen LogP contribution is 2.17. The van der Waals surface area contributed by atoms with Crippen molar-refractivity contribution in [3.05, 3.63) is 69.1 Å². The van der Waals surface area contributed by atoms with Gasteiger partial charge in [0.15, 0.2) is 11.8 Å². The van der Waals surface area contributed by atoms with E-state index in [1.54, 1.807) is 36.4 Å². The highest BCUT2D eigenvalue weighted by atomic mass is 79.9. The number of nitrogens with one attached hydrogen (secondary N) is 1. The lowest BCUT2D eigenvalue weighted by molar-refractivity contribution is -0.123. The fraction of sp³-hybridized carbons (Fsp3) is 0.316. The second-order valence-corrected chi connectivity index (χ2v) is 7.02. The van der Waals surface area contributed by atoms with Crippen LogP contribution in [0.3, 0.4) is 0 Å². The van der Waals surface area contributed by atoms with E-state index < -0.39 is 23.3 Å². The van der Waals surface area contributed by atoms with Crippen LogP contribution in [0.25, 0.3) is 0 Å². The van der Waals surface area contributed by atoms with Gasteiger partial charge in [-0.1, -0.05) is 34.1 Å². The Labute approximate surface area is 159 Å². The Hall–Kier alpha value is -2.25. The summed E-state index contributed by atoms with van der Waals surface area (Å²) in [5.74, 6) is -0.947. The summed E-state index contributed by atoms with van der Waals surface area (Å²) in [5, 5.41) is 2.76. The monoisotopic (exact) mass is 418 g/mol. The molecule has 2 aromatic rings. The summed E-state index contributed by atoms with van der Waals surface area (Å²) in [4.78, 5) is 38.0. The molecule has 0 unspecified atom stereocenters. The van der Waals surface area contributed by atoms with Crippen molar-refractivity contribution in [1.82, 2.24) is 9.88 Å². The van der Waals surface area contributed by atoms with Crippen molar-refractivity contribution in [3.63, 3.8) is 0 Å². The molecule has 0 saturated carbocycles. The second kappa shape index (κ2) is 8.42. The minimum Gasteiger partial charge on any atom is -0.376 e. The third-order valence-corrected chi connectivity index (χ3v) is 4.81. The van der Waals surface area contributed by atoms with Crippen molar-refractivity contribution >= 4 is 27.6 Å². The number of ketones is 1. The molecule has 7 heteroatoms. The van der Waals surface area contributed by atoms with Crippen molar-refractivity contribution in [2.75, 3.05) is 13.2 Å². The lowest BCUT2D eigenvalue weighted by atomic mass is 10.0. The van der Waals surface area contributed by atoms with Gasteiger partial charge in [-0.2, -0.15) is 0 Å². The molecule has 1 aromatic carbocycles. The Morgan fingerprint density at radius 3 is 2.65 bits per heavy atom. The fourth-order valence-corrected chi connectivity index (χ4v) is 3.18. The molecule has 0 aliphatic carbocycles. The molecule has 0 spiro atoms. The van der Waals surface area contributed by atoms with Crippen LogP contribution < -0.4 is 10.9 Å². The van der Waals surface area contributed by atoms with Gasteiger partial charge in [0.1, 0.15) is 0 Å². The second-order valence-electron chi connectivity index (χ2n) is 6.10. The van der Waals surface area contributed by atoms with Gasteiger partial charge in [0.2, 0.25) is 0 Å². The minimum absolute atomic E-state index is 0.0464. The predicted molar refractivity (Wildman–Crippen MR) is 100 cm³/mol. The summed E-state index contributed by atoms with van der Waals surface area (Å²) in [6.45, 7) is 1.00. The molecule has 1 amide bonds. The van der Waals surface area contributed by atoms with Crippen LogP contribution in [0.5, 0.6) is 0 Å². The SMILES string of the molecule is O=C(NC[C@H]1CCCO1)[C@H](C(=O)c1ccc(Br)cc1)n1ccccc1=O. The maximum atomic E-state index is 13.0. The van der Waals surface area contributed by atoms with Crippen molar-refractivity contribution < 1.29 is 14.3 Å². The van der Waals surface area contributed by atoms with Crippen LogP contribution >= 0.6 is 15.9 Å². The zero-order chi connectivity index (χ0) is 18.5. The Kier molecular flexibility index (Phi) is 6.00. The third-order valence-electron chi connectivity index (χ3n) is 4.28. The summed E-state index contributed by atoms with van der Waals surface area (Å²) >= 11 is 3.32. The number of halogens is 1. The molecule has 1 N–H and O–H groups in total. The number of hydrogen-bond donors (Lipinski definition) is 1.